The molecule has 0 saturated heterocycles. The standard InChI is InChI=1S/C11H25NO/c1-6-8-9(3)10(12)11(4,7-2)13-5/h9-10H,6-8,12H2,1-5H3. The largest absolute Gasteiger partial charge is 0.377 e. The summed E-state index contributed by atoms with van der Waals surface area (Å²) in [5.41, 5.74) is 6.02. The predicted molar refractivity (Wildman–Crippen MR) is 57.8 cm³/mol. The molecule has 0 bridgehead atoms. The minimum absolute atomic E-state index is 0.141. The second kappa shape index (κ2) is 5.61. The van der Waals surface area contributed by atoms with Gasteiger partial charge in [0.2, 0.25) is 0 Å². The van der Waals surface area contributed by atoms with Crippen LogP contribution < -0.4 is 5.73 Å². The molecule has 0 radical (unpaired) electrons. The van der Waals surface area contributed by atoms with Gasteiger partial charge in [-0.1, -0.05) is 27.2 Å². The van der Waals surface area contributed by atoms with E-state index in [1.54, 1.807) is 7.11 Å². The highest BCUT2D eigenvalue weighted by molar-refractivity contribution is 4.88. The summed E-state index contributed by atoms with van der Waals surface area (Å²) in [5, 5.41) is 0. The van der Waals surface area contributed by atoms with Gasteiger partial charge < -0.3 is 10.5 Å². The fraction of sp³-hybridized carbons (Fsp3) is 1.00. The van der Waals surface area contributed by atoms with E-state index in [4.69, 9.17) is 10.5 Å². The van der Waals surface area contributed by atoms with Crippen molar-refractivity contribution in [3.63, 3.8) is 0 Å². The summed E-state index contributed by atoms with van der Waals surface area (Å²) < 4.78 is 5.49. The van der Waals surface area contributed by atoms with Crippen molar-refractivity contribution in [2.45, 2.75) is 58.6 Å². The molecule has 13 heavy (non-hydrogen) atoms. The van der Waals surface area contributed by atoms with Gasteiger partial charge in [-0.25, -0.2) is 0 Å². The van der Waals surface area contributed by atoms with Gasteiger partial charge in [-0.2, -0.15) is 0 Å². The zero-order chi connectivity index (χ0) is 10.5. The molecular weight excluding hydrogens is 162 g/mol. The monoisotopic (exact) mass is 187 g/mol. The van der Waals surface area contributed by atoms with Crippen molar-refractivity contribution in [3.05, 3.63) is 0 Å². The van der Waals surface area contributed by atoms with Crippen molar-refractivity contribution in [1.29, 1.82) is 0 Å². The Labute approximate surface area is 82.8 Å². The molecule has 0 rings (SSSR count). The average molecular weight is 187 g/mol. The molecule has 3 unspecified atom stereocenters. The van der Waals surface area contributed by atoms with Gasteiger partial charge in [-0.15, -0.1) is 0 Å². The number of rotatable bonds is 6. The first-order valence-corrected chi connectivity index (χ1v) is 5.32. The fourth-order valence-electron chi connectivity index (χ4n) is 1.75. The molecule has 0 spiro atoms. The molecule has 0 fully saturated rings. The predicted octanol–water partition coefficient (Wildman–Crippen LogP) is 2.57. The Kier molecular flexibility index (Phi) is 5.57. The summed E-state index contributed by atoms with van der Waals surface area (Å²) in [6.45, 7) is 8.63. The lowest BCUT2D eigenvalue weighted by molar-refractivity contribution is -0.0327. The Balaban J connectivity index is 4.27. The first kappa shape index (κ1) is 12.9. The average Bonchev–Trinajstić information content (AvgIpc) is 2.16. The molecule has 0 heterocycles. The first-order chi connectivity index (χ1) is 6.01. The fourth-order valence-corrected chi connectivity index (χ4v) is 1.75. The Bertz CT molecular complexity index is 132. The van der Waals surface area contributed by atoms with Crippen molar-refractivity contribution in [3.8, 4) is 0 Å². The molecule has 0 aliphatic carbocycles. The number of hydrogen-bond acceptors (Lipinski definition) is 2. The Morgan fingerprint density at radius 2 is 1.92 bits per heavy atom. The van der Waals surface area contributed by atoms with E-state index in [2.05, 4.69) is 27.7 Å². The number of methoxy groups -OCH3 is 1. The maximum atomic E-state index is 6.18. The van der Waals surface area contributed by atoms with Gasteiger partial charge in [0.15, 0.2) is 0 Å². The topological polar surface area (TPSA) is 35.2 Å². The van der Waals surface area contributed by atoms with E-state index in [1.165, 1.54) is 12.8 Å². The van der Waals surface area contributed by atoms with Crippen molar-refractivity contribution >= 4 is 0 Å². The van der Waals surface area contributed by atoms with E-state index in [1.807, 2.05) is 0 Å². The van der Waals surface area contributed by atoms with E-state index < -0.39 is 0 Å². The van der Waals surface area contributed by atoms with Crippen molar-refractivity contribution in [1.82, 2.24) is 0 Å². The van der Waals surface area contributed by atoms with Crippen molar-refractivity contribution in [2.75, 3.05) is 7.11 Å². The molecule has 0 aliphatic heterocycles. The number of hydrogen-bond donors (Lipinski definition) is 1. The smallest absolute Gasteiger partial charge is 0.0800 e. The maximum Gasteiger partial charge on any atom is 0.0800 e. The molecule has 0 saturated carbocycles. The van der Waals surface area contributed by atoms with Gasteiger partial charge in [0.1, 0.15) is 0 Å². The molecule has 2 heteroatoms. The molecule has 80 valence electrons. The minimum Gasteiger partial charge on any atom is -0.377 e. The summed E-state index contributed by atoms with van der Waals surface area (Å²) in [6, 6.07) is 0.141. The third-order valence-corrected chi connectivity index (χ3v) is 3.23. The molecule has 0 aromatic heterocycles. The van der Waals surface area contributed by atoms with Crippen LogP contribution in [0.3, 0.4) is 0 Å². The second-order valence-electron chi connectivity index (χ2n) is 4.16. The Morgan fingerprint density at radius 3 is 2.23 bits per heavy atom. The quantitative estimate of drug-likeness (QED) is 0.693. The molecule has 0 aliphatic rings. The lowest BCUT2D eigenvalue weighted by atomic mass is 9.83. The summed E-state index contributed by atoms with van der Waals surface area (Å²) in [5.74, 6) is 0.537. The zero-order valence-corrected chi connectivity index (χ0v) is 9.76. The normalized spacial score (nSPS) is 20.8. The second-order valence-corrected chi connectivity index (χ2v) is 4.16. The van der Waals surface area contributed by atoms with Gasteiger partial charge in [0.25, 0.3) is 0 Å². The summed E-state index contributed by atoms with van der Waals surface area (Å²) >= 11 is 0. The highest BCUT2D eigenvalue weighted by Crippen LogP contribution is 2.25. The first-order valence-electron chi connectivity index (χ1n) is 5.32. The minimum atomic E-state index is -0.158. The lowest BCUT2D eigenvalue weighted by Gasteiger charge is -2.36. The number of ether oxygens (including phenoxy) is 1. The van der Waals surface area contributed by atoms with E-state index in [0.29, 0.717) is 5.92 Å². The van der Waals surface area contributed by atoms with Crippen molar-refractivity contribution in [2.24, 2.45) is 11.7 Å². The van der Waals surface area contributed by atoms with Gasteiger partial charge >= 0.3 is 0 Å². The Morgan fingerprint density at radius 1 is 1.38 bits per heavy atom. The van der Waals surface area contributed by atoms with Crippen LogP contribution >= 0.6 is 0 Å². The van der Waals surface area contributed by atoms with Crippen molar-refractivity contribution < 1.29 is 4.74 Å². The van der Waals surface area contributed by atoms with Crippen LogP contribution in [0.1, 0.15) is 47.0 Å². The Hall–Kier alpha value is -0.0800. The van der Waals surface area contributed by atoms with Crippen LogP contribution in [0.15, 0.2) is 0 Å². The molecule has 0 amide bonds. The molecular formula is C11H25NO. The van der Waals surface area contributed by atoms with Crippen LogP contribution in [-0.4, -0.2) is 18.8 Å². The molecule has 0 aromatic rings. The highest BCUT2D eigenvalue weighted by Gasteiger charge is 2.32. The SMILES string of the molecule is CCCC(C)C(N)C(C)(CC)OC. The van der Waals surface area contributed by atoms with Crippen LogP contribution in [0.2, 0.25) is 0 Å². The molecule has 0 aromatic carbocycles. The summed E-state index contributed by atoms with van der Waals surface area (Å²) in [7, 11) is 1.75. The van der Waals surface area contributed by atoms with Crippen LogP contribution in [0.5, 0.6) is 0 Å². The van der Waals surface area contributed by atoms with E-state index >= 15 is 0 Å². The van der Waals surface area contributed by atoms with E-state index in [-0.39, 0.29) is 11.6 Å². The van der Waals surface area contributed by atoms with Gasteiger partial charge in [0, 0.05) is 13.2 Å². The molecule has 2 nitrogen and oxygen atoms in total. The summed E-state index contributed by atoms with van der Waals surface area (Å²) in [6.07, 6.45) is 3.34. The van der Waals surface area contributed by atoms with Gasteiger partial charge in [0.05, 0.1) is 5.60 Å². The van der Waals surface area contributed by atoms with Crippen LogP contribution in [0, 0.1) is 5.92 Å². The highest BCUT2D eigenvalue weighted by atomic mass is 16.5. The summed E-state index contributed by atoms with van der Waals surface area (Å²) in [4.78, 5) is 0. The van der Waals surface area contributed by atoms with E-state index in [0.717, 1.165) is 6.42 Å². The molecule has 2 N–H and O–H groups in total. The third-order valence-electron chi connectivity index (χ3n) is 3.23. The van der Waals surface area contributed by atoms with Gasteiger partial charge in [-0.3, -0.25) is 0 Å². The zero-order valence-electron chi connectivity index (χ0n) is 9.76. The van der Waals surface area contributed by atoms with E-state index in [9.17, 15) is 0 Å². The number of nitrogens with two attached hydrogens (primary N) is 1. The van der Waals surface area contributed by atoms with Gasteiger partial charge in [-0.05, 0) is 25.7 Å². The third kappa shape index (κ3) is 3.28. The van der Waals surface area contributed by atoms with Crippen LogP contribution in [0.4, 0.5) is 0 Å². The maximum absolute atomic E-state index is 6.18. The lowest BCUT2D eigenvalue weighted by Crippen LogP contribution is -2.50. The van der Waals surface area contributed by atoms with Crippen LogP contribution in [0.25, 0.3) is 0 Å². The molecule has 3 atom stereocenters. The van der Waals surface area contributed by atoms with Crippen LogP contribution in [-0.2, 0) is 4.74 Å².